The van der Waals surface area contributed by atoms with Crippen LogP contribution in [-0.2, 0) is 0 Å². The van der Waals surface area contributed by atoms with Crippen LogP contribution in [0.5, 0.6) is 0 Å². The van der Waals surface area contributed by atoms with Gasteiger partial charge in [0.05, 0.1) is 65.0 Å². The summed E-state index contributed by atoms with van der Waals surface area (Å²) < 4.78 is 133. The zero-order valence-corrected chi connectivity index (χ0v) is 74.0. The molecule has 0 fully saturated rings. The van der Waals surface area contributed by atoms with Gasteiger partial charge >= 0.3 is 0 Å². The molecule has 650 valence electrons. The van der Waals surface area contributed by atoms with Gasteiger partial charge in [0.25, 0.3) is 0 Å². The molecule has 27 aromatic rings. The monoisotopic (exact) mass is 1790 g/mol. The normalized spacial score (nSPS) is 13.0. The summed E-state index contributed by atoms with van der Waals surface area (Å²) in [6.45, 7) is 0. The van der Waals surface area contributed by atoms with E-state index in [1.807, 2.05) is 133 Å². The third-order valence-corrected chi connectivity index (χ3v) is 25.4. The second-order valence-corrected chi connectivity index (χ2v) is 33.6. The van der Waals surface area contributed by atoms with Gasteiger partial charge in [-0.1, -0.05) is 418 Å². The maximum absolute atomic E-state index is 8.64. The molecule has 21 aromatic carbocycles. The molecule has 0 amide bonds. The summed E-state index contributed by atoms with van der Waals surface area (Å²) in [5, 5.41) is 15.5. The standard InChI is InChI=1S/C49H32N4.C41H26N4.C37H24N4/c1-3-13-35(14-4-1)47-50-48(36-15-5-2-6-16-36)52-49(51-47)37-25-22-34(23-26-37)39-18-11-19-42(31-39)53-45-21-10-9-20-43(45)44-29-28-41(32-46(44)53)40-27-24-33-12-7-8-17-38(33)30-40;1-2-13-29(14-3-1)39-42-40(31-25-24-27-12-4-5-15-30(27)26-31)44-41(43-39)34-20-10-16-28-17-11-23-37(38(28)34)45-35-21-8-6-18-32(35)33-19-7-9-22-36(33)45;1-3-13-25(14-4-1)35-38-36(26-15-5-2-6-16-26)40-37(39-35)31-23-24-34(28-18-8-7-17-27(28)31)41-32-21-11-9-19-29(32)30-20-10-12-22-33(30)41/h1-32H;1-26H;1-24H/i1D,3D,4D,13D,14D;;1D,2D,3D,4D,5D,6D,13D,14D,15D,16D. The number of hydrogen-bond acceptors (Lipinski definition) is 9. The van der Waals surface area contributed by atoms with Gasteiger partial charge in [-0.15, -0.1) is 0 Å². The van der Waals surface area contributed by atoms with Crippen LogP contribution in [0.15, 0.2) is 497 Å². The van der Waals surface area contributed by atoms with Crippen LogP contribution >= 0.6 is 0 Å². The smallest absolute Gasteiger partial charge is 0.164 e. The van der Waals surface area contributed by atoms with Crippen molar-refractivity contribution in [1.82, 2.24) is 58.6 Å². The van der Waals surface area contributed by atoms with E-state index in [0.717, 1.165) is 105 Å². The molecule has 0 aliphatic carbocycles. The lowest BCUT2D eigenvalue weighted by atomic mass is 10.00. The Morgan fingerprint density at radius 2 is 0.482 bits per heavy atom. The average molecular weight is 1790 g/mol. The molecule has 12 heteroatoms. The third kappa shape index (κ3) is 15.4. The predicted molar refractivity (Wildman–Crippen MR) is 572 cm³/mol. The Kier molecular flexibility index (Phi) is 17.2. The molecule has 0 radical (unpaired) electrons. The number of para-hydroxylation sites is 5. The number of aromatic nitrogens is 12. The highest BCUT2D eigenvalue weighted by Gasteiger charge is 2.25. The minimum Gasteiger partial charge on any atom is -0.309 e. The second kappa shape index (κ2) is 35.6. The Bertz CT molecular complexity index is 10100. The van der Waals surface area contributed by atoms with Crippen molar-refractivity contribution in [2.75, 3.05) is 0 Å². The molecule has 0 atom stereocenters. The Labute approximate surface area is 821 Å². The van der Waals surface area contributed by atoms with Crippen molar-refractivity contribution in [3.63, 3.8) is 0 Å². The van der Waals surface area contributed by atoms with Gasteiger partial charge in [-0.3, -0.25) is 0 Å². The zero-order valence-electron chi connectivity index (χ0n) is 89.0. The number of benzene rings is 21. The topological polar surface area (TPSA) is 131 Å². The molecule has 0 N–H and O–H groups in total. The molecule has 0 saturated heterocycles. The van der Waals surface area contributed by atoms with E-state index >= 15 is 0 Å². The lowest BCUT2D eigenvalue weighted by Gasteiger charge is -2.15. The fraction of sp³-hybridized carbons (Fsp3) is 0. The van der Waals surface area contributed by atoms with E-state index < -0.39 is 78.6 Å². The maximum atomic E-state index is 8.64. The van der Waals surface area contributed by atoms with Crippen LogP contribution in [-0.4, -0.2) is 58.6 Å². The van der Waals surface area contributed by atoms with E-state index in [-0.39, 0.29) is 52.1 Å². The summed E-state index contributed by atoms with van der Waals surface area (Å²) in [6, 6.07) is 131. The van der Waals surface area contributed by atoms with Gasteiger partial charge in [0.1, 0.15) is 0 Å². The van der Waals surface area contributed by atoms with Crippen LogP contribution in [0.2, 0.25) is 0 Å². The SMILES string of the molecule is [2H]c1c([2H])c([2H])c(-c2nc(-c3c([2H])c([2H])c([2H])c([2H])c3[2H])nc(-c3ccc(-n4c5ccccc5c5ccccc54)c4ccccc34)n2)c([2H])c1[2H].[2H]c1c([2H])c([2H])c(-c2nc(-c3ccccc3)nc(-c3ccc(-c4cccc(-n5c6ccccc6c6ccc(-c7ccc8ccccc8c7)cc65)c4)cc3)n2)c([2H])c1[2H].c1ccc(-c2nc(-c3ccc4ccccc4c3)nc(-c3cccc4cccc(-n5c6ccccc6c6ccccc65)c34)n2)cc1. The van der Waals surface area contributed by atoms with Crippen molar-refractivity contribution in [3.05, 3.63) is 497 Å². The highest BCUT2D eigenvalue weighted by atomic mass is 15.1. The van der Waals surface area contributed by atoms with Crippen molar-refractivity contribution in [1.29, 1.82) is 0 Å². The highest BCUT2D eigenvalue weighted by molar-refractivity contribution is 6.15. The molecule has 0 unspecified atom stereocenters. The first-order chi connectivity index (χ1) is 75.1. The molecule has 0 spiro atoms. The summed E-state index contributed by atoms with van der Waals surface area (Å²) in [7, 11) is 0. The second-order valence-electron chi connectivity index (χ2n) is 33.6. The van der Waals surface area contributed by atoms with Gasteiger partial charge in [0.2, 0.25) is 0 Å². The van der Waals surface area contributed by atoms with Gasteiger partial charge in [-0.25, -0.2) is 44.9 Å². The molecule has 12 nitrogen and oxygen atoms in total. The highest BCUT2D eigenvalue weighted by Crippen LogP contribution is 2.44. The molecule has 0 aliphatic heterocycles. The molecular formula is C127H82N12. The summed E-state index contributed by atoms with van der Waals surface area (Å²) in [5.74, 6) is 1.99. The Morgan fingerprint density at radius 1 is 0.158 bits per heavy atom. The molecular weight excluding hydrogens is 1690 g/mol. The van der Waals surface area contributed by atoms with Crippen molar-refractivity contribution in [2.24, 2.45) is 0 Å². The van der Waals surface area contributed by atoms with E-state index in [9.17, 15) is 0 Å². The van der Waals surface area contributed by atoms with Crippen LogP contribution in [0.1, 0.15) is 20.6 Å². The summed E-state index contributed by atoms with van der Waals surface area (Å²) in [4.78, 5) is 43.1. The van der Waals surface area contributed by atoms with Crippen molar-refractivity contribution < 1.29 is 20.6 Å². The first kappa shape index (κ1) is 67.3. The summed E-state index contributed by atoms with van der Waals surface area (Å²) in [6.07, 6.45) is 0. The van der Waals surface area contributed by atoms with Crippen LogP contribution in [0.4, 0.5) is 0 Å². The van der Waals surface area contributed by atoms with Crippen molar-refractivity contribution in [3.8, 4) is 142 Å². The third-order valence-electron chi connectivity index (χ3n) is 25.4. The fourth-order valence-electron chi connectivity index (χ4n) is 19.0. The Morgan fingerprint density at radius 3 is 0.986 bits per heavy atom. The van der Waals surface area contributed by atoms with Gasteiger partial charge < -0.3 is 13.7 Å². The number of fused-ring (bicyclic) bond motifs is 13. The van der Waals surface area contributed by atoms with Crippen LogP contribution < -0.4 is 0 Å². The number of rotatable bonds is 14. The fourth-order valence-corrected chi connectivity index (χ4v) is 19.0. The maximum Gasteiger partial charge on any atom is 0.164 e. The van der Waals surface area contributed by atoms with Crippen molar-refractivity contribution >= 4 is 109 Å². The minimum absolute atomic E-state index is 0.00702. The first-order valence-corrected chi connectivity index (χ1v) is 45.5. The van der Waals surface area contributed by atoms with E-state index in [1.165, 1.54) is 54.3 Å². The van der Waals surface area contributed by atoms with Gasteiger partial charge in [0.15, 0.2) is 52.4 Å². The van der Waals surface area contributed by atoms with E-state index in [4.69, 9.17) is 45.5 Å². The predicted octanol–water partition coefficient (Wildman–Crippen LogP) is 31.9. The number of nitrogens with zero attached hydrogens (tertiary/aromatic N) is 12. The average Bonchev–Trinajstić information content (AvgIpc) is 1.57. The minimum atomic E-state index is -0.599. The Hall–Kier alpha value is -18.9. The molecule has 6 aromatic heterocycles. The molecule has 0 aliphatic rings. The quantitative estimate of drug-likeness (QED) is 0.104. The molecule has 27 rings (SSSR count). The largest absolute Gasteiger partial charge is 0.309 e. The first-order valence-electron chi connectivity index (χ1n) is 53.0. The molecule has 0 saturated carbocycles. The zero-order chi connectivity index (χ0) is 105. The van der Waals surface area contributed by atoms with Crippen LogP contribution in [0.3, 0.4) is 0 Å². The molecule has 0 bridgehead atoms. The van der Waals surface area contributed by atoms with E-state index in [1.54, 1.807) is 0 Å². The van der Waals surface area contributed by atoms with Crippen LogP contribution in [0.25, 0.3) is 250 Å². The van der Waals surface area contributed by atoms with E-state index in [2.05, 4.69) is 307 Å². The lowest BCUT2D eigenvalue weighted by molar-refractivity contribution is 1.07. The lowest BCUT2D eigenvalue weighted by Crippen LogP contribution is -2.02. The van der Waals surface area contributed by atoms with Gasteiger partial charge in [0, 0.05) is 98.8 Å². The van der Waals surface area contributed by atoms with E-state index in [0.29, 0.717) is 51.2 Å². The van der Waals surface area contributed by atoms with Crippen LogP contribution in [0, 0.1) is 0 Å². The van der Waals surface area contributed by atoms with Gasteiger partial charge in [-0.2, -0.15) is 0 Å². The van der Waals surface area contributed by atoms with Gasteiger partial charge in [-0.05, 0) is 133 Å². The summed E-state index contributed by atoms with van der Waals surface area (Å²) >= 11 is 0. The summed E-state index contributed by atoms with van der Waals surface area (Å²) in [5.41, 5.74) is 18.0. The Balaban J connectivity index is 0.000000120. The number of hydrogen-bond donors (Lipinski definition) is 0. The van der Waals surface area contributed by atoms with Crippen molar-refractivity contribution in [2.45, 2.75) is 0 Å². The molecule has 6 heterocycles. The molecule has 139 heavy (non-hydrogen) atoms.